The van der Waals surface area contributed by atoms with Crippen LogP contribution < -0.4 is 11.1 Å². The first-order valence-corrected chi connectivity index (χ1v) is 8.03. The van der Waals surface area contributed by atoms with Gasteiger partial charge in [0.15, 0.2) is 5.78 Å². The zero-order valence-corrected chi connectivity index (χ0v) is 14.3. The van der Waals surface area contributed by atoms with Gasteiger partial charge in [0.05, 0.1) is 12.7 Å². The molecular weight excluding hydrogens is 328 g/mol. The molecule has 0 aliphatic heterocycles. The Labute approximate surface area is 151 Å². The van der Waals surface area contributed by atoms with Gasteiger partial charge in [-0.1, -0.05) is 30.8 Å². The summed E-state index contributed by atoms with van der Waals surface area (Å²) in [6, 6.07) is 13.0. The fourth-order valence-electron chi connectivity index (χ4n) is 2.66. The van der Waals surface area contributed by atoms with Crippen LogP contribution >= 0.6 is 0 Å². The van der Waals surface area contributed by atoms with Crippen LogP contribution in [-0.2, 0) is 20.0 Å². The molecule has 0 bridgehead atoms. The van der Waals surface area contributed by atoms with E-state index >= 15 is 0 Å². The average molecular weight is 346 g/mol. The first kappa shape index (κ1) is 17.2. The van der Waals surface area contributed by atoms with Crippen LogP contribution in [-0.4, -0.2) is 20.5 Å². The van der Waals surface area contributed by atoms with Crippen LogP contribution in [0.2, 0.25) is 0 Å². The second-order valence-corrected chi connectivity index (χ2v) is 5.83. The highest BCUT2D eigenvalue weighted by Crippen LogP contribution is 2.17. The molecule has 3 N–H and O–H groups in total. The molecule has 0 saturated carbocycles. The Bertz CT molecular complexity index is 986. The van der Waals surface area contributed by atoms with E-state index < -0.39 is 0 Å². The topological polar surface area (TPSA) is 90.2 Å². The van der Waals surface area contributed by atoms with Crippen molar-refractivity contribution in [2.75, 3.05) is 11.1 Å². The molecule has 0 atom stereocenters. The molecule has 0 amide bonds. The van der Waals surface area contributed by atoms with Gasteiger partial charge in [-0.05, 0) is 34.4 Å². The molecule has 1 aromatic carbocycles. The van der Waals surface area contributed by atoms with Crippen molar-refractivity contribution in [2.45, 2.75) is 13.0 Å². The lowest BCUT2D eigenvalue weighted by atomic mass is 10.0. The van der Waals surface area contributed by atoms with Crippen molar-refractivity contribution >= 4 is 23.1 Å². The van der Waals surface area contributed by atoms with E-state index in [1.54, 1.807) is 13.2 Å². The van der Waals surface area contributed by atoms with Gasteiger partial charge in [-0.15, -0.1) is 0 Å². The lowest BCUT2D eigenvalue weighted by Crippen LogP contribution is -2.10. The number of hydrogen-bond acceptors (Lipinski definition) is 5. The van der Waals surface area contributed by atoms with E-state index in [4.69, 9.17) is 12.3 Å². The normalized spacial score (nSPS) is 10.3. The number of rotatable bonds is 6. The van der Waals surface area contributed by atoms with E-state index in [0.717, 1.165) is 16.8 Å². The summed E-state index contributed by atoms with van der Waals surface area (Å²) in [6.45, 7) is 7.57. The minimum Gasteiger partial charge on any atom is -0.382 e. The molecule has 0 aliphatic carbocycles. The average Bonchev–Trinajstić information content (AvgIpc) is 3.02. The summed E-state index contributed by atoms with van der Waals surface area (Å²) in [6.07, 6.45) is 1.89. The maximum atomic E-state index is 12.5. The molecule has 3 aromatic rings. The highest BCUT2D eigenvalue weighted by molar-refractivity contribution is 5.96. The fourth-order valence-corrected chi connectivity index (χ4v) is 2.66. The zero-order valence-electron chi connectivity index (χ0n) is 14.3. The number of hydrogen-bond donors (Lipinski definition) is 2. The number of nitrogens with one attached hydrogen (secondary N) is 1. The predicted octanol–water partition coefficient (Wildman–Crippen LogP) is 2.99. The van der Waals surface area contributed by atoms with E-state index in [1.165, 1.54) is 10.7 Å². The lowest BCUT2D eigenvalue weighted by Gasteiger charge is -2.09. The SMILES string of the molecule is [C-]#[N+]c1cc(C(=O)Cc2cccc(CNc3cccnc3N)c2)n(C)n1. The second kappa shape index (κ2) is 7.49. The number of nitrogens with zero attached hydrogens (tertiary/aromatic N) is 4. The molecule has 0 unspecified atom stereocenters. The van der Waals surface area contributed by atoms with Crippen molar-refractivity contribution in [1.29, 1.82) is 0 Å². The van der Waals surface area contributed by atoms with E-state index in [9.17, 15) is 4.79 Å². The van der Waals surface area contributed by atoms with E-state index in [-0.39, 0.29) is 18.0 Å². The van der Waals surface area contributed by atoms with Gasteiger partial charge >= 0.3 is 0 Å². The highest BCUT2D eigenvalue weighted by Gasteiger charge is 2.15. The standard InChI is InChI=1S/C19H18N6O/c1-21-18-11-16(25(2)24-18)17(26)10-13-5-3-6-14(9-13)12-23-15-7-4-8-22-19(15)20/h3-9,11,23H,10,12H2,2H3,(H2,20,22). The van der Waals surface area contributed by atoms with Crippen molar-refractivity contribution < 1.29 is 4.79 Å². The summed E-state index contributed by atoms with van der Waals surface area (Å²) < 4.78 is 1.45. The number of nitrogen functional groups attached to an aromatic ring is 1. The number of carbonyl (C=O) groups excluding carboxylic acids is 1. The molecule has 7 nitrogen and oxygen atoms in total. The van der Waals surface area contributed by atoms with E-state index in [0.29, 0.717) is 18.1 Å². The molecule has 2 heterocycles. The number of carbonyl (C=O) groups is 1. The summed E-state index contributed by atoms with van der Waals surface area (Å²) in [4.78, 5) is 19.8. The minimum atomic E-state index is -0.0727. The number of pyridine rings is 1. The second-order valence-electron chi connectivity index (χ2n) is 5.83. The van der Waals surface area contributed by atoms with Gasteiger partial charge in [-0.25, -0.2) is 4.98 Å². The van der Waals surface area contributed by atoms with E-state index in [2.05, 4.69) is 20.2 Å². The molecule has 0 saturated heterocycles. The van der Waals surface area contributed by atoms with Crippen LogP contribution in [0, 0.1) is 6.57 Å². The molecule has 130 valence electrons. The number of ketones is 1. The third-order valence-electron chi connectivity index (χ3n) is 3.94. The van der Waals surface area contributed by atoms with Gasteiger partial charge in [0.25, 0.3) is 5.82 Å². The van der Waals surface area contributed by atoms with Crippen molar-refractivity contribution in [1.82, 2.24) is 14.8 Å². The summed E-state index contributed by atoms with van der Waals surface area (Å²) in [5.41, 5.74) is 8.97. The molecule has 0 spiro atoms. The molecule has 26 heavy (non-hydrogen) atoms. The van der Waals surface area contributed by atoms with Crippen molar-refractivity contribution in [3.05, 3.63) is 76.9 Å². The summed E-state index contributed by atoms with van der Waals surface area (Å²) >= 11 is 0. The van der Waals surface area contributed by atoms with Crippen LogP contribution in [0.1, 0.15) is 21.6 Å². The number of Topliss-reactive ketones (excluding diaryl/α,β-unsaturated/α-hetero) is 1. The molecule has 0 radical (unpaired) electrons. The van der Waals surface area contributed by atoms with Gasteiger partial charge in [-0.3, -0.25) is 4.79 Å². The van der Waals surface area contributed by atoms with Gasteiger partial charge in [0.1, 0.15) is 11.5 Å². The fraction of sp³-hybridized carbons (Fsp3) is 0.158. The molecule has 0 aliphatic rings. The van der Waals surface area contributed by atoms with Crippen LogP contribution in [0.5, 0.6) is 0 Å². The lowest BCUT2D eigenvalue weighted by molar-refractivity contribution is 0.0984. The quantitative estimate of drug-likeness (QED) is 0.529. The van der Waals surface area contributed by atoms with Gasteiger partial charge < -0.3 is 15.9 Å². The zero-order chi connectivity index (χ0) is 18.5. The van der Waals surface area contributed by atoms with E-state index in [1.807, 2.05) is 36.4 Å². The molecule has 2 aromatic heterocycles. The molecule has 3 rings (SSSR count). The van der Waals surface area contributed by atoms with Gasteiger partial charge in [0.2, 0.25) is 0 Å². The highest BCUT2D eigenvalue weighted by atomic mass is 16.1. The Morgan fingerprint density at radius 1 is 1.27 bits per heavy atom. The summed E-state index contributed by atoms with van der Waals surface area (Å²) in [5.74, 6) is 0.602. The molecule has 7 heteroatoms. The Morgan fingerprint density at radius 2 is 2.08 bits per heavy atom. The third kappa shape index (κ3) is 3.87. The van der Waals surface area contributed by atoms with Gasteiger partial charge in [-0.2, -0.15) is 4.68 Å². The molecular formula is C19H18N6O. The molecule has 0 fully saturated rings. The van der Waals surface area contributed by atoms with Crippen molar-refractivity contribution in [3.63, 3.8) is 0 Å². The number of anilines is 2. The number of aryl methyl sites for hydroxylation is 1. The number of nitrogens with two attached hydrogens (primary N) is 1. The van der Waals surface area contributed by atoms with Crippen LogP contribution in [0.4, 0.5) is 17.3 Å². The maximum Gasteiger partial charge on any atom is 0.296 e. The Balaban J connectivity index is 1.69. The summed E-state index contributed by atoms with van der Waals surface area (Å²) in [5, 5.41) is 7.24. The summed E-state index contributed by atoms with van der Waals surface area (Å²) in [7, 11) is 1.67. The Morgan fingerprint density at radius 3 is 2.81 bits per heavy atom. The smallest absolute Gasteiger partial charge is 0.296 e. The Kier molecular flexibility index (Phi) is 4.94. The Hall–Kier alpha value is -3.66. The number of benzene rings is 1. The van der Waals surface area contributed by atoms with Crippen molar-refractivity contribution in [3.8, 4) is 0 Å². The predicted molar refractivity (Wildman–Crippen MR) is 99.9 cm³/mol. The number of aromatic nitrogens is 3. The minimum absolute atomic E-state index is 0.0727. The third-order valence-corrected chi connectivity index (χ3v) is 3.94. The monoisotopic (exact) mass is 346 g/mol. The van der Waals surface area contributed by atoms with Crippen molar-refractivity contribution in [2.24, 2.45) is 7.05 Å². The van der Waals surface area contributed by atoms with Crippen LogP contribution in [0.25, 0.3) is 4.85 Å². The van der Waals surface area contributed by atoms with Crippen LogP contribution in [0.15, 0.2) is 48.7 Å². The largest absolute Gasteiger partial charge is 0.382 e. The maximum absolute atomic E-state index is 12.5. The van der Waals surface area contributed by atoms with Gasteiger partial charge in [0, 0.05) is 19.2 Å². The first-order chi connectivity index (χ1) is 12.6. The first-order valence-electron chi connectivity index (χ1n) is 8.03. The van der Waals surface area contributed by atoms with Crippen LogP contribution in [0.3, 0.4) is 0 Å².